The summed E-state index contributed by atoms with van der Waals surface area (Å²) in [6.07, 6.45) is -34.0. The molecule has 38 heavy (non-hydrogen) atoms. The van der Waals surface area contributed by atoms with E-state index in [2.05, 4.69) is 0 Å². The molecule has 4 saturated carbocycles. The van der Waals surface area contributed by atoms with Crippen LogP contribution in [0.4, 0.5) is 87.8 Å². The predicted octanol–water partition coefficient (Wildman–Crippen LogP) is 4.13. The summed E-state index contributed by atoms with van der Waals surface area (Å²) >= 11 is 0. The van der Waals surface area contributed by atoms with Gasteiger partial charge in [0, 0.05) is 0 Å². The van der Waals surface area contributed by atoms with Gasteiger partial charge in [0.15, 0.2) is 0 Å². The molecule has 0 aromatic rings. The Hall–Kier alpha value is -1.56. The van der Waals surface area contributed by atoms with E-state index in [0.717, 1.165) is 0 Å². The summed E-state index contributed by atoms with van der Waals surface area (Å²) in [6.45, 7) is 0. The summed E-state index contributed by atoms with van der Waals surface area (Å²) in [5.74, 6) is -55.0. The van der Waals surface area contributed by atoms with E-state index in [1.807, 2.05) is 0 Å². The molecule has 0 heterocycles. The van der Waals surface area contributed by atoms with Gasteiger partial charge in [-0.3, -0.25) is 0 Å². The monoisotopic (exact) mass is 616 g/mol. The van der Waals surface area contributed by atoms with Crippen LogP contribution in [0.25, 0.3) is 0 Å². The molecule has 4 N–H and O–H groups in total. The smallest absolute Gasteiger partial charge is 0.335 e. The zero-order valence-electron chi connectivity index (χ0n) is 16.3. The largest absolute Gasteiger partial charge is 0.376 e. The van der Waals surface area contributed by atoms with Crippen LogP contribution in [0.1, 0.15) is 0 Å². The van der Waals surface area contributed by atoms with Gasteiger partial charge in [-0.05, 0) is 0 Å². The highest BCUT2D eigenvalue weighted by Crippen LogP contribution is 3.00. The normalized spacial score (nSPS) is 42.3. The lowest BCUT2D eigenvalue weighted by Gasteiger charge is -2.80. The second-order valence-corrected chi connectivity index (χ2v) is 8.61. The van der Waals surface area contributed by atoms with E-state index < -0.39 is 81.6 Å². The van der Waals surface area contributed by atoms with Gasteiger partial charge in [0.25, 0.3) is 57.2 Å². The Bertz CT molecular complexity index is 812. The van der Waals surface area contributed by atoms with Crippen molar-refractivity contribution in [2.75, 3.05) is 0 Å². The lowest BCUT2D eigenvalue weighted by molar-refractivity contribution is -0.709. The van der Waals surface area contributed by atoms with E-state index in [-0.39, 0.29) is 0 Å². The van der Waals surface area contributed by atoms with Crippen LogP contribution in [0, 0.1) is 21.7 Å². The van der Waals surface area contributed by atoms with Crippen molar-refractivity contribution in [2.24, 2.45) is 21.7 Å². The summed E-state index contributed by atoms with van der Waals surface area (Å²) in [5, 5.41) is 34.2. The van der Waals surface area contributed by atoms with Crippen LogP contribution in [0.5, 0.6) is 0 Å². The predicted molar refractivity (Wildman–Crippen MR) is 68.1 cm³/mol. The molecule has 224 valence electrons. The second kappa shape index (κ2) is 6.19. The van der Waals surface area contributed by atoms with Gasteiger partial charge in [0.1, 0.15) is 0 Å². The van der Waals surface area contributed by atoms with Crippen LogP contribution >= 0.6 is 0 Å². The maximum atomic E-state index is 15.1. The molecule has 24 heteroatoms. The highest BCUT2D eigenvalue weighted by atomic mass is 19.3. The highest BCUT2D eigenvalue weighted by Gasteiger charge is 3.28. The SMILES string of the molecule is OC(F)(F)C12C(F)(F)C3(C(O)(F)F)C(F)(F)C(C(O)(F)F)(C1(F)F)C(F)(F)C(C(O)(F)F)(C2(F)F)C3(F)F. The summed E-state index contributed by atoms with van der Waals surface area (Å²) in [6, 6.07) is 0. The molecular weight excluding hydrogens is 612 g/mol. The molecule has 0 radical (unpaired) electrons. The first-order chi connectivity index (χ1) is 16.0. The molecule has 0 atom stereocenters. The van der Waals surface area contributed by atoms with E-state index >= 15 is 52.7 Å². The first kappa shape index (κ1) is 31.0. The first-order valence-corrected chi connectivity index (χ1v) is 8.67. The van der Waals surface area contributed by atoms with Crippen molar-refractivity contribution in [2.45, 2.75) is 60.0 Å². The van der Waals surface area contributed by atoms with Crippen LogP contribution < -0.4 is 0 Å². The van der Waals surface area contributed by atoms with Gasteiger partial charge in [0.05, 0.1) is 0 Å². The number of hydrogen-bond donors (Lipinski definition) is 4. The van der Waals surface area contributed by atoms with Crippen LogP contribution in [-0.4, -0.2) is 80.4 Å². The minimum atomic E-state index is -9.17. The standard InChI is InChI=1S/C14H4F20O4/c15-5(16)1(11(27,28)35)6(17,18)3(13(31,32)37)8(21,22)2(5,12(29,30)36)9(23,24)4(7(1,19)20,10(3,25)26)14(33,34)38/h35-38H. The molecule has 0 aliphatic heterocycles. The molecule has 0 saturated heterocycles. The van der Waals surface area contributed by atoms with Gasteiger partial charge in [-0.15, -0.1) is 0 Å². The number of aliphatic hydroxyl groups is 4. The zero-order valence-corrected chi connectivity index (χ0v) is 16.3. The fourth-order valence-electron chi connectivity index (χ4n) is 6.32. The Balaban J connectivity index is 3.10. The van der Waals surface area contributed by atoms with E-state index in [1.54, 1.807) is 0 Å². The lowest BCUT2D eigenvalue weighted by Crippen LogP contribution is -3.09. The zero-order chi connectivity index (χ0) is 31.0. The Morgan fingerprint density at radius 3 is 0.395 bits per heavy atom. The number of halogens is 20. The minimum absolute atomic E-state index is 8.49. The maximum absolute atomic E-state index is 15.1. The topological polar surface area (TPSA) is 80.9 Å². The Kier molecular flexibility index (Phi) is 5.04. The van der Waals surface area contributed by atoms with Crippen LogP contribution in [-0.2, 0) is 0 Å². The molecule has 0 aromatic heterocycles. The molecule has 0 amide bonds. The van der Waals surface area contributed by atoms with E-state index in [0.29, 0.717) is 0 Å². The summed E-state index contributed by atoms with van der Waals surface area (Å²) in [5.41, 5.74) is -36.4. The molecule has 4 nitrogen and oxygen atoms in total. The van der Waals surface area contributed by atoms with E-state index in [4.69, 9.17) is 20.4 Å². The van der Waals surface area contributed by atoms with Crippen molar-refractivity contribution in [3.05, 3.63) is 0 Å². The third-order valence-corrected chi connectivity index (χ3v) is 7.46. The Labute approximate surface area is 191 Å². The van der Waals surface area contributed by atoms with Gasteiger partial charge >= 0.3 is 24.4 Å². The molecule has 0 spiro atoms. The third kappa shape index (κ3) is 1.90. The molecule has 4 aliphatic rings. The number of alkyl halides is 20. The van der Waals surface area contributed by atoms with Gasteiger partial charge in [0.2, 0.25) is 0 Å². The van der Waals surface area contributed by atoms with Crippen molar-refractivity contribution >= 4 is 0 Å². The summed E-state index contributed by atoms with van der Waals surface area (Å²) in [7, 11) is 0. The van der Waals surface area contributed by atoms with Crippen molar-refractivity contribution < 1.29 is 108 Å². The average Bonchev–Trinajstić information content (AvgIpc) is 2.41. The third-order valence-electron chi connectivity index (χ3n) is 7.46. The fourth-order valence-corrected chi connectivity index (χ4v) is 6.32. The van der Waals surface area contributed by atoms with Crippen molar-refractivity contribution in [1.82, 2.24) is 0 Å². The van der Waals surface area contributed by atoms with Gasteiger partial charge in [-0.25, -0.2) is 52.7 Å². The molecule has 4 fully saturated rings. The molecule has 0 unspecified atom stereocenters. The van der Waals surface area contributed by atoms with Crippen LogP contribution in [0.15, 0.2) is 0 Å². The van der Waals surface area contributed by atoms with Crippen LogP contribution in [0.2, 0.25) is 0 Å². The molecule has 4 rings (SSSR count). The molecule has 4 aliphatic carbocycles. The summed E-state index contributed by atoms with van der Waals surface area (Å²) in [4.78, 5) is 0. The minimum Gasteiger partial charge on any atom is -0.335 e. The number of rotatable bonds is 4. The number of hydrogen-bond acceptors (Lipinski definition) is 4. The molecule has 0 aromatic carbocycles. The Morgan fingerprint density at radius 2 is 0.342 bits per heavy atom. The lowest BCUT2D eigenvalue weighted by atomic mass is 9.25. The van der Waals surface area contributed by atoms with E-state index in [1.165, 1.54) is 0 Å². The van der Waals surface area contributed by atoms with Gasteiger partial charge in [-0.2, -0.15) is 35.1 Å². The molecule has 4 bridgehead atoms. The Morgan fingerprint density at radius 1 is 0.263 bits per heavy atom. The quantitative estimate of drug-likeness (QED) is 0.359. The van der Waals surface area contributed by atoms with Crippen molar-refractivity contribution in [3.8, 4) is 0 Å². The maximum Gasteiger partial charge on any atom is 0.376 e. The van der Waals surface area contributed by atoms with Gasteiger partial charge < -0.3 is 20.4 Å². The average molecular weight is 616 g/mol. The van der Waals surface area contributed by atoms with Gasteiger partial charge in [-0.1, -0.05) is 0 Å². The first-order valence-electron chi connectivity index (χ1n) is 8.67. The van der Waals surface area contributed by atoms with E-state index in [9.17, 15) is 35.1 Å². The second-order valence-electron chi connectivity index (χ2n) is 8.61. The van der Waals surface area contributed by atoms with Crippen LogP contribution in [0.3, 0.4) is 0 Å². The van der Waals surface area contributed by atoms with Crippen molar-refractivity contribution in [1.29, 1.82) is 0 Å². The highest BCUT2D eigenvalue weighted by molar-refractivity contribution is 5.52. The molecular formula is C14H4F20O4. The fraction of sp³-hybridized carbons (Fsp3) is 1.00. The van der Waals surface area contributed by atoms with Crippen molar-refractivity contribution in [3.63, 3.8) is 0 Å². The summed E-state index contributed by atoms with van der Waals surface area (Å²) < 4.78 is 293.